The standard InChI is InChI=1S/C14H18N2O/c1-10(2)14(17)13-9-11-5-3-4-6-12(11)16(13)8-7-15/h3-6,9-10H,7-8,15H2,1-2H3. The molecule has 90 valence electrons. The molecule has 2 aromatic rings. The fourth-order valence-electron chi connectivity index (χ4n) is 2.08. The highest BCUT2D eigenvalue weighted by atomic mass is 16.1. The summed E-state index contributed by atoms with van der Waals surface area (Å²) >= 11 is 0. The normalized spacial score (nSPS) is 11.3. The molecule has 1 aromatic heterocycles. The fourth-order valence-corrected chi connectivity index (χ4v) is 2.08. The predicted octanol–water partition coefficient (Wildman–Crippen LogP) is 2.44. The Morgan fingerprint density at radius 1 is 1.35 bits per heavy atom. The van der Waals surface area contributed by atoms with Crippen LogP contribution in [0, 0.1) is 5.92 Å². The number of benzene rings is 1. The van der Waals surface area contributed by atoms with Gasteiger partial charge in [0.2, 0.25) is 0 Å². The Labute approximate surface area is 101 Å². The Hall–Kier alpha value is -1.61. The minimum Gasteiger partial charge on any atom is -0.337 e. The minimum absolute atomic E-state index is 0.0100. The number of para-hydroxylation sites is 1. The summed E-state index contributed by atoms with van der Waals surface area (Å²) in [6.07, 6.45) is 0. The third-order valence-corrected chi connectivity index (χ3v) is 2.94. The number of rotatable bonds is 4. The van der Waals surface area contributed by atoms with Crippen LogP contribution in [0.15, 0.2) is 30.3 Å². The van der Waals surface area contributed by atoms with E-state index in [2.05, 4.69) is 0 Å². The summed E-state index contributed by atoms with van der Waals surface area (Å²) in [5.74, 6) is 0.186. The molecule has 17 heavy (non-hydrogen) atoms. The molecule has 0 spiro atoms. The zero-order valence-electron chi connectivity index (χ0n) is 10.3. The lowest BCUT2D eigenvalue weighted by Crippen LogP contribution is -2.17. The predicted molar refractivity (Wildman–Crippen MR) is 70.2 cm³/mol. The van der Waals surface area contributed by atoms with Crippen molar-refractivity contribution in [2.75, 3.05) is 6.54 Å². The van der Waals surface area contributed by atoms with Crippen LogP contribution >= 0.6 is 0 Å². The highest BCUT2D eigenvalue weighted by Crippen LogP contribution is 2.21. The average Bonchev–Trinajstić information content (AvgIpc) is 2.68. The molecule has 0 atom stereocenters. The van der Waals surface area contributed by atoms with E-state index in [9.17, 15) is 4.79 Å². The molecule has 0 radical (unpaired) electrons. The van der Waals surface area contributed by atoms with Crippen molar-refractivity contribution in [2.24, 2.45) is 11.7 Å². The number of hydrogen-bond acceptors (Lipinski definition) is 2. The van der Waals surface area contributed by atoms with Gasteiger partial charge in [-0.05, 0) is 12.1 Å². The van der Waals surface area contributed by atoms with Gasteiger partial charge in [0.05, 0.1) is 5.69 Å². The molecule has 2 N–H and O–H groups in total. The maximum Gasteiger partial charge on any atom is 0.181 e. The summed E-state index contributed by atoms with van der Waals surface area (Å²) in [4.78, 5) is 12.1. The number of nitrogens with two attached hydrogens (primary N) is 1. The van der Waals surface area contributed by atoms with Crippen LogP contribution in [0.25, 0.3) is 10.9 Å². The maximum absolute atomic E-state index is 12.1. The van der Waals surface area contributed by atoms with Crippen molar-refractivity contribution < 1.29 is 4.79 Å². The van der Waals surface area contributed by atoms with Gasteiger partial charge in [0, 0.05) is 29.9 Å². The molecule has 0 saturated heterocycles. The number of aromatic nitrogens is 1. The van der Waals surface area contributed by atoms with E-state index in [1.165, 1.54) is 0 Å². The van der Waals surface area contributed by atoms with Gasteiger partial charge in [-0.25, -0.2) is 0 Å². The molecule has 0 amide bonds. The third kappa shape index (κ3) is 2.11. The molecule has 0 unspecified atom stereocenters. The average molecular weight is 230 g/mol. The summed E-state index contributed by atoms with van der Waals surface area (Å²) in [6.45, 7) is 5.07. The Morgan fingerprint density at radius 2 is 2.06 bits per heavy atom. The lowest BCUT2D eigenvalue weighted by molar-refractivity contribution is 0.0930. The second-order valence-corrected chi connectivity index (χ2v) is 4.55. The summed E-state index contributed by atoms with van der Waals surface area (Å²) in [5.41, 5.74) is 7.48. The van der Waals surface area contributed by atoms with E-state index in [0.29, 0.717) is 13.1 Å². The molecule has 3 nitrogen and oxygen atoms in total. The van der Waals surface area contributed by atoms with E-state index in [1.54, 1.807) is 0 Å². The van der Waals surface area contributed by atoms with Crippen LogP contribution in [-0.4, -0.2) is 16.9 Å². The van der Waals surface area contributed by atoms with Crippen molar-refractivity contribution in [3.05, 3.63) is 36.0 Å². The summed E-state index contributed by atoms with van der Waals surface area (Å²) in [6, 6.07) is 9.99. The van der Waals surface area contributed by atoms with E-state index in [0.717, 1.165) is 16.6 Å². The Balaban J connectivity index is 2.61. The van der Waals surface area contributed by atoms with Crippen molar-refractivity contribution >= 4 is 16.7 Å². The highest BCUT2D eigenvalue weighted by Gasteiger charge is 2.17. The SMILES string of the molecule is CC(C)C(=O)c1cc2ccccc2n1CCN. The Bertz CT molecular complexity index is 540. The second-order valence-electron chi connectivity index (χ2n) is 4.55. The Kier molecular flexibility index (Phi) is 3.29. The molecule has 2 rings (SSSR count). The van der Waals surface area contributed by atoms with Crippen LogP contribution in [0.3, 0.4) is 0 Å². The molecular formula is C14H18N2O. The van der Waals surface area contributed by atoms with Crippen LogP contribution in [0.4, 0.5) is 0 Å². The number of nitrogens with zero attached hydrogens (tertiary/aromatic N) is 1. The van der Waals surface area contributed by atoms with E-state index in [4.69, 9.17) is 5.73 Å². The molecule has 0 aliphatic heterocycles. The summed E-state index contributed by atoms with van der Waals surface area (Å²) < 4.78 is 2.03. The summed E-state index contributed by atoms with van der Waals surface area (Å²) in [7, 11) is 0. The lowest BCUT2D eigenvalue weighted by atomic mass is 10.1. The molecule has 1 heterocycles. The zero-order valence-corrected chi connectivity index (χ0v) is 10.3. The minimum atomic E-state index is 0.0100. The quantitative estimate of drug-likeness (QED) is 0.820. The van der Waals surface area contributed by atoms with Crippen molar-refractivity contribution in [1.82, 2.24) is 4.57 Å². The van der Waals surface area contributed by atoms with Crippen LogP contribution in [0.2, 0.25) is 0 Å². The first-order valence-corrected chi connectivity index (χ1v) is 5.97. The van der Waals surface area contributed by atoms with Crippen molar-refractivity contribution in [1.29, 1.82) is 0 Å². The first-order chi connectivity index (χ1) is 8.15. The monoisotopic (exact) mass is 230 g/mol. The smallest absolute Gasteiger partial charge is 0.181 e. The number of fused-ring (bicyclic) bond motifs is 1. The van der Waals surface area contributed by atoms with Crippen LogP contribution in [0.5, 0.6) is 0 Å². The largest absolute Gasteiger partial charge is 0.337 e. The first-order valence-electron chi connectivity index (χ1n) is 5.97. The molecule has 0 bridgehead atoms. The van der Waals surface area contributed by atoms with E-state index < -0.39 is 0 Å². The van der Waals surface area contributed by atoms with Crippen LogP contribution in [0.1, 0.15) is 24.3 Å². The van der Waals surface area contributed by atoms with Gasteiger partial charge in [0.1, 0.15) is 0 Å². The van der Waals surface area contributed by atoms with Gasteiger partial charge in [-0.1, -0.05) is 32.0 Å². The van der Waals surface area contributed by atoms with E-state index in [-0.39, 0.29) is 11.7 Å². The third-order valence-electron chi connectivity index (χ3n) is 2.94. The van der Waals surface area contributed by atoms with Gasteiger partial charge in [-0.2, -0.15) is 0 Å². The fraction of sp³-hybridized carbons (Fsp3) is 0.357. The molecule has 3 heteroatoms. The van der Waals surface area contributed by atoms with E-state index in [1.807, 2.05) is 48.7 Å². The number of ketones is 1. The number of hydrogen-bond donors (Lipinski definition) is 1. The highest BCUT2D eigenvalue weighted by molar-refractivity contribution is 6.01. The van der Waals surface area contributed by atoms with Crippen molar-refractivity contribution in [2.45, 2.75) is 20.4 Å². The topological polar surface area (TPSA) is 48.0 Å². The van der Waals surface area contributed by atoms with Gasteiger partial charge in [-0.15, -0.1) is 0 Å². The van der Waals surface area contributed by atoms with Gasteiger partial charge in [-0.3, -0.25) is 4.79 Å². The molecule has 1 aromatic carbocycles. The second kappa shape index (κ2) is 4.72. The molecule has 0 aliphatic rings. The van der Waals surface area contributed by atoms with Crippen LogP contribution < -0.4 is 5.73 Å². The van der Waals surface area contributed by atoms with Crippen molar-refractivity contribution in [3.8, 4) is 0 Å². The van der Waals surface area contributed by atoms with Crippen LogP contribution in [-0.2, 0) is 6.54 Å². The van der Waals surface area contributed by atoms with Crippen molar-refractivity contribution in [3.63, 3.8) is 0 Å². The lowest BCUT2D eigenvalue weighted by Gasteiger charge is -2.10. The van der Waals surface area contributed by atoms with Gasteiger partial charge in [0.15, 0.2) is 5.78 Å². The molecular weight excluding hydrogens is 212 g/mol. The molecule has 0 aliphatic carbocycles. The molecule has 0 fully saturated rings. The Morgan fingerprint density at radius 3 is 2.71 bits per heavy atom. The van der Waals surface area contributed by atoms with Gasteiger partial charge >= 0.3 is 0 Å². The molecule has 0 saturated carbocycles. The maximum atomic E-state index is 12.1. The summed E-state index contributed by atoms with van der Waals surface area (Å²) in [5, 5.41) is 1.10. The zero-order chi connectivity index (χ0) is 12.4. The number of Topliss-reactive ketones (excluding diaryl/α,β-unsaturated/α-hetero) is 1. The number of carbonyl (C=O) groups is 1. The van der Waals surface area contributed by atoms with E-state index >= 15 is 0 Å². The number of carbonyl (C=O) groups excluding carboxylic acids is 1. The van der Waals surface area contributed by atoms with Gasteiger partial charge < -0.3 is 10.3 Å². The first kappa shape index (κ1) is 11.9. The van der Waals surface area contributed by atoms with Gasteiger partial charge in [0.25, 0.3) is 0 Å².